The van der Waals surface area contributed by atoms with Crippen molar-refractivity contribution >= 4 is 21.8 Å². The lowest BCUT2D eigenvalue weighted by molar-refractivity contribution is 0.416. The van der Waals surface area contributed by atoms with Crippen molar-refractivity contribution in [2.75, 3.05) is 7.11 Å². The number of hydrogen-bond acceptors (Lipinski definition) is 2. The van der Waals surface area contributed by atoms with Crippen molar-refractivity contribution in [3.8, 4) is 5.75 Å². The van der Waals surface area contributed by atoms with E-state index < -0.39 is 34.2 Å². The first-order valence-corrected chi connectivity index (χ1v) is 5.64. The van der Waals surface area contributed by atoms with Gasteiger partial charge in [-0.3, -0.25) is 0 Å². The topological polar surface area (TPSA) is 22.1 Å². The first-order chi connectivity index (χ1) is 9.54. The van der Waals surface area contributed by atoms with Crippen LogP contribution in [0.2, 0.25) is 0 Å². The molecule has 6 heteroatoms. The van der Waals surface area contributed by atoms with Gasteiger partial charge in [-0.25, -0.2) is 22.5 Å². The molecule has 3 rings (SSSR count). The highest BCUT2D eigenvalue weighted by Gasteiger charge is 2.22. The van der Waals surface area contributed by atoms with Crippen LogP contribution in [0.1, 0.15) is 0 Å². The highest BCUT2D eigenvalue weighted by molar-refractivity contribution is 5.95. The van der Waals surface area contributed by atoms with E-state index in [1.807, 2.05) is 0 Å². The fourth-order valence-electron chi connectivity index (χ4n) is 2.09. The largest absolute Gasteiger partial charge is 0.494 e. The van der Waals surface area contributed by atoms with Gasteiger partial charge in [-0.1, -0.05) is 12.1 Å². The highest BCUT2D eigenvalue weighted by atomic mass is 19.2. The zero-order valence-corrected chi connectivity index (χ0v) is 10.2. The number of methoxy groups -OCH3 is 1. The van der Waals surface area contributed by atoms with Crippen LogP contribution in [0.4, 0.5) is 17.6 Å². The number of aromatic nitrogens is 1. The maximum Gasteiger partial charge on any atom is 0.199 e. The molecule has 0 amide bonds. The Morgan fingerprint density at radius 1 is 0.900 bits per heavy atom. The molecule has 2 aromatic carbocycles. The van der Waals surface area contributed by atoms with Crippen molar-refractivity contribution in [3.05, 3.63) is 47.5 Å². The SMILES string of the molecule is COc1cccc2cc3c(F)c(F)c(F)c(F)c3nc12. The summed E-state index contributed by atoms with van der Waals surface area (Å²) in [6.45, 7) is 0. The molecule has 0 N–H and O–H groups in total. The molecule has 3 aromatic rings. The van der Waals surface area contributed by atoms with Crippen molar-refractivity contribution in [2.24, 2.45) is 0 Å². The normalized spacial score (nSPS) is 11.2. The number of para-hydroxylation sites is 1. The average molecular weight is 281 g/mol. The van der Waals surface area contributed by atoms with Crippen molar-refractivity contribution in [3.63, 3.8) is 0 Å². The van der Waals surface area contributed by atoms with Gasteiger partial charge in [-0.2, -0.15) is 0 Å². The van der Waals surface area contributed by atoms with Gasteiger partial charge in [0.25, 0.3) is 0 Å². The molecule has 0 fully saturated rings. The number of rotatable bonds is 1. The maximum absolute atomic E-state index is 13.7. The molecule has 0 bridgehead atoms. The molecule has 1 aromatic heterocycles. The van der Waals surface area contributed by atoms with E-state index in [4.69, 9.17) is 4.74 Å². The summed E-state index contributed by atoms with van der Waals surface area (Å²) >= 11 is 0. The standard InChI is InChI=1S/C14H7F4NO/c1-20-8-4-2-3-6-5-7-9(15)10(16)11(17)12(18)14(7)19-13(6)8/h2-5H,1H3. The second kappa shape index (κ2) is 4.33. The van der Waals surface area contributed by atoms with Crippen LogP contribution in [-0.4, -0.2) is 12.1 Å². The third-order valence-electron chi connectivity index (χ3n) is 3.05. The van der Waals surface area contributed by atoms with Gasteiger partial charge in [-0.15, -0.1) is 0 Å². The van der Waals surface area contributed by atoms with Gasteiger partial charge >= 0.3 is 0 Å². The second-order valence-electron chi connectivity index (χ2n) is 4.17. The molecule has 102 valence electrons. The number of pyridine rings is 1. The lowest BCUT2D eigenvalue weighted by Gasteiger charge is -2.08. The Balaban J connectivity index is 2.55. The zero-order valence-electron chi connectivity index (χ0n) is 10.2. The van der Waals surface area contributed by atoms with Crippen LogP contribution in [0.25, 0.3) is 21.8 Å². The summed E-state index contributed by atoms with van der Waals surface area (Å²) in [5.41, 5.74) is -0.329. The predicted molar refractivity (Wildman–Crippen MR) is 65.6 cm³/mol. The zero-order chi connectivity index (χ0) is 14.4. The van der Waals surface area contributed by atoms with E-state index in [1.54, 1.807) is 18.2 Å². The Morgan fingerprint density at radius 3 is 2.30 bits per heavy atom. The summed E-state index contributed by atoms with van der Waals surface area (Å²) in [6, 6.07) is 6.00. The monoisotopic (exact) mass is 281 g/mol. The van der Waals surface area contributed by atoms with E-state index in [0.717, 1.165) is 0 Å². The Kier molecular flexibility index (Phi) is 2.74. The molecule has 1 heterocycles. The molecule has 2 nitrogen and oxygen atoms in total. The lowest BCUT2D eigenvalue weighted by atomic mass is 10.1. The van der Waals surface area contributed by atoms with Crippen LogP contribution in [0.3, 0.4) is 0 Å². The molecule has 0 unspecified atom stereocenters. The summed E-state index contributed by atoms with van der Waals surface area (Å²) in [6.07, 6.45) is 0. The van der Waals surface area contributed by atoms with Gasteiger partial charge in [0.2, 0.25) is 0 Å². The fourth-order valence-corrected chi connectivity index (χ4v) is 2.09. The number of benzene rings is 2. The van der Waals surface area contributed by atoms with Gasteiger partial charge in [0.05, 0.1) is 7.11 Å². The first-order valence-electron chi connectivity index (χ1n) is 5.64. The van der Waals surface area contributed by atoms with E-state index in [9.17, 15) is 17.6 Å². The van der Waals surface area contributed by atoms with E-state index in [0.29, 0.717) is 11.1 Å². The fraction of sp³-hybridized carbons (Fsp3) is 0.0714. The molecule has 0 radical (unpaired) electrons. The van der Waals surface area contributed by atoms with Crippen molar-refractivity contribution in [1.82, 2.24) is 4.98 Å². The number of nitrogens with zero attached hydrogens (tertiary/aromatic N) is 1. The van der Waals surface area contributed by atoms with Gasteiger partial charge in [0.1, 0.15) is 16.8 Å². The van der Waals surface area contributed by atoms with Crippen molar-refractivity contribution in [2.45, 2.75) is 0 Å². The molecule has 0 saturated carbocycles. The predicted octanol–water partition coefficient (Wildman–Crippen LogP) is 3.95. The van der Waals surface area contributed by atoms with Crippen LogP contribution in [0, 0.1) is 23.3 Å². The van der Waals surface area contributed by atoms with Crippen LogP contribution in [-0.2, 0) is 0 Å². The summed E-state index contributed by atoms with van der Waals surface area (Å²) in [5, 5.41) is 0.0170. The van der Waals surface area contributed by atoms with Crippen LogP contribution in [0.15, 0.2) is 24.3 Å². The number of hydrogen-bond donors (Lipinski definition) is 0. The minimum Gasteiger partial charge on any atom is -0.494 e. The molecule has 0 aliphatic carbocycles. The molecular weight excluding hydrogens is 274 g/mol. The summed E-state index contributed by atoms with van der Waals surface area (Å²) in [5.74, 6) is -6.38. The van der Waals surface area contributed by atoms with Gasteiger partial charge in [0.15, 0.2) is 23.3 Å². The molecule has 0 atom stereocenters. The Bertz CT molecular complexity index is 848. The Morgan fingerprint density at radius 2 is 1.60 bits per heavy atom. The first kappa shape index (κ1) is 12.7. The lowest BCUT2D eigenvalue weighted by Crippen LogP contribution is -2.00. The number of ether oxygens (including phenoxy) is 1. The van der Waals surface area contributed by atoms with Crippen LogP contribution >= 0.6 is 0 Å². The van der Waals surface area contributed by atoms with E-state index in [-0.39, 0.29) is 5.52 Å². The molecule has 0 aliphatic rings. The smallest absolute Gasteiger partial charge is 0.199 e. The highest BCUT2D eigenvalue weighted by Crippen LogP contribution is 2.31. The number of fused-ring (bicyclic) bond motifs is 2. The van der Waals surface area contributed by atoms with Crippen molar-refractivity contribution < 1.29 is 22.3 Å². The minimum atomic E-state index is -1.88. The maximum atomic E-state index is 13.7. The summed E-state index contributed by atoms with van der Waals surface area (Å²) in [4.78, 5) is 3.86. The van der Waals surface area contributed by atoms with E-state index >= 15 is 0 Å². The van der Waals surface area contributed by atoms with Crippen LogP contribution < -0.4 is 4.74 Å². The Hall–Kier alpha value is -2.37. The van der Waals surface area contributed by atoms with Gasteiger partial charge in [0, 0.05) is 10.8 Å². The molecule has 0 saturated heterocycles. The molecule has 0 aliphatic heterocycles. The molecule has 20 heavy (non-hydrogen) atoms. The molecular formula is C14H7F4NO. The average Bonchev–Trinajstić information content (AvgIpc) is 2.48. The summed E-state index contributed by atoms with van der Waals surface area (Å²) in [7, 11) is 1.39. The van der Waals surface area contributed by atoms with Gasteiger partial charge < -0.3 is 4.74 Å². The van der Waals surface area contributed by atoms with E-state index in [1.165, 1.54) is 13.2 Å². The van der Waals surface area contributed by atoms with E-state index in [2.05, 4.69) is 4.98 Å². The Labute approximate surface area is 110 Å². The number of halogens is 4. The third-order valence-corrected chi connectivity index (χ3v) is 3.05. The summed E-state index contributed by atoms with van der Waals surface area (Å²) < 4.78 is 58.9. The minimum absolute atomic E-state index is 0.242. The third kappa shape index (κ3) is 1.61. The van der Waals surface area contributed by atoms with Crippen molar-refractivity contribution in [1.29, 1.82) is 0 Å². The second-order valence-corrected chi connectivity index (χ2v) is 4.17. The van der Waals surface area contributed by atoms with Gasteiger partial charge in [-0.05, 0) is 12.1 Å². The quantitative estimate of drug-likeness (QED) is 0.291. The van der Waals surface area contributed by atoms with Crippen LogP contribution in [0.5, 0.6) is 5.75 Å². The molecule has 0 spiro atoms.